The van der Waals surface area contributed by atoms with Gasteiger partial charge < -0.3 is 20.0 Å². The van der Waals surface area contributed by atoms with Crippen LogP contribution in [0.25, 0.3) is 0 Å². The van der Waals surface area contributed by atoms with E-state index >= 15 is 0 Å². The molecule has 0 aromatic rings. The zero-order valence-electron chi connectivity index (χ0n) is 17.5. The summed E-state index contributed by atoms with van der Waals surface area (Å²) in [5.41, 5.74) is 0. The first-order valence-corrected chi connectivity index (χ1v) is 9.95. The second-order valence-electron chi connectivity index (χ2n) is 7.43. The third kappa shape index (κ3) is 12.7. The third-order valence-corrected chi connectivity index (χ3v) is 4.52. The fourth-order valence-electron chi connectivity index (χ4n) is 3.29. The summed E-state index contributed by atoms with van der Waals surface area (Å²) in [6.45, 7) is 8.90. The maximum Gasteiger partial charge on any atom is 0.0619 e. The van der Waals surface area contributed by atoms with Crippen LogP contribution in [-0.4, -0.2) is 117 Å². The molecular formula is C19H44N4O2. The molecule has 0 heterocycles. The van der Waals surface area contributed by atoms with Crippen molar-refractivity contribution in [3.63, 3.8) is 0 Å². The molecule has 0 spiro atoms. The summed E-state index contributed by atoms with van der Waals surface area (Å²) in [5, 5.41) is 18.5. The Bertz CT molecular complexity index is 269. The molecule has 0 aromatic heterocycles. The van der Waals surface area contributed by atoms with E-state index < -0.39 is 0 Å². The van der Waals surface area contributed by atoms with Crippen molar-refractivity contribution in [3.05, 3.63) is 0 Å². The van der Waals surface area contributed by atoms with E-state index in [-0.39, 0.29) is 13.2 Å². The van der Waals surface area contributed by atoms with Crippen LogP contribution in [0.3, 0.4) is 0 Å². The van der Waals surface area contributed by atoms with Crippen LogP contribution in [-0.2, 0) is 0 Å². The van der Waals surface area contributed by atoms with Gasteiger partial charge in [-0.15, -0.1) is 0 Å². The van der Waals surface area contributed by atoms with Crippen molar-refractivity contribution < 1.29 is 10.2 Å². The molecule has 0 radical (unpaired) electrons. The Morgan fingerprint density at radius 1 is 0.600 bits per heavy atom. The smallest absolute Gasteiger partial charge is 0.0619 e. The first-order chi connectivity index (χ1) is 12.0. The normalized spacial score (nSPS) is 13.6. The molecule has 0 fully saturated rings. The SMILES string of the molecule is CCC(N(CCCO)CCCO)N(CCCN(C)C)CCCN(C)C. The Balaban J connectivity index is 4.89. The predicted molar refractivity (Wildman–Crippen MR) is 107 cm³/mol. The molecule has 0 aromatic carbocycles. The lowest BCUT2D eigenvalue weighted by atomic mass is 10.2. The zero-order chi connectivity index (χ0) is 19.1. The fraction of sp³-hybridized carbons (Fsp3) is 1.00. The van der Waals surface area contributed by atoms with Crippen LogP contribution >= 0.6 is 0 Å². The number of aliphatic hydroxyl groups is 2. The average molecular weight is 361 g/mol. The van der Waals surface area contributed by atoms with Gasteiger partial charge in [-0.05, 0) is 73.4 Å². The molecular weight excluding hydrogens is 316 g/mol. The molecule has 2 N–H and O–H groups in total. The molecule has 1 atom stereocenters. The topological polar surface area (TPSA) is 53.4 Å². The van der Waals surface area contributed by atoms with Crippen molar-refractivity contribution in [2.45, 2.75) is 45.2 Å². The predicted octanol–water partition coefficient (Wildman–Crippen LogP) is 0.995. The van der Waals surface area contributed by atoms with Gasteiger partial charge in [-0.3, -0.25) is 9.80 Å². The number of hydrogen-bond acceptors (Lipinski definition) is 6. The summed E-state index contributed by atoms with van der Waals surface area (Å²) in [6, 6.07) is 0. The minimum Gasteiger partial charge on any atom is -0.396 e. The summed E-state index contributed by atoms with van der Waals surface area (Å²) < 4.78 is 0. The molecule has 152 valence electrons. The van der Waals surface area contributed by atoms with Crippen LogP contribution in [0.2, 0.25) is 0 Å². The fourth-order valence-corrected chi connectivity index (χ4v) is 3.29. The average Bonchev–Trinajstić information content (AvgIpc) is 2.56. The lowest BCUT2D eigenvalue weighted by Gasteiger charge is -2.40. The van der Waals surface area contributed by atoms with Crippen molar-refractivity contribution in [2.75, 3.05) is 80.7 Å². The van der Waals surface area contributed by atoms with Crippen LogP contribution in [0, 0.1) is 0 Å². The Kier molecular flexibility index (Phi) is 15.8. The van der Waals surface area contributed by atoms with Crippen molar-refractivity contribution in [3.8, 4) is 0 Å². The van der Waals surface area contributed by atoms with Crippen molar-refractivity contribution in [2.24, 2.45) is 0 Å². The quantitative estimate of drug-likeness (QED) is 0.377. The van der Waals surface area contributed by atoms with E-state index in [1.807, 2.05) is 0 Å². The highest BCUT2D eigenvalue weighted by molar-refractivity contribution is 4.74. The standard InChI is InChI=1S/C19H44N4O2/c1-6-19(23(15-9-17-24)16-10-18-25)22(13-7-11-20(2)3)14-8-12-21(4)5/h19,24-25H,6-18H2,1-5H3. The molecule has 0 amide bonds. The Labute approximate surface area is 156 Å². The van der Waals surface area contributed by atoms with Crippen molar-refractivity contribution >= 4 is 0 Å². The summed E-state index contributed by atoms with van der Waals surface area (Å²) in [4.78, 5) is 9.56. The van der Waals surface area contributed by atoms with Crippen LogP contribution < -0.4 is 0 Å². The van der Waals surface area contributed by atoms with E-state index in [1.54, 1.807) is 0 Å². The van der Waals surface area contributed by atoms with Gasteiger partial charge in [0.25, 0.3) is 0 Å². The lowest BCUT2D eigenvalue weighted by Crippen LogP contribution is -2.50. The van der Waals surface area contributed by atoms with Gasteiger partial charge >= 0.3 is 0 Å². The molecule has 6 nitrogen and oxygen atoms in total. The first-order valence-electron chi connectivity index (χ1n) is 9.95. The molecule has 0 aliphatic heterocycles. The van der Waals surface area contributed by atoms with Gasteiger partial charge in [0, 0.05) is 39.4 Å². The molecule has 1 unspecified atom stereocenters. The lowest BCUT2D eigenvalue weighted by molar-refractivity contribution is 0.0269. The third-order valence-electron chi connectivity index (χ3n) is 4.52. The summed E-state index contributed by atoms with van der Waals surface area (Å²) >= 11 is 0. The van der Waals surface area contributed by atoms with Crippen molar-refractivity contribution in [1.29, 1.82) is 0 Å². The van der Waals surface area contributed by atoms with Crippen LogP contribution in [0.4, 0.5) is 0 Å². The van der Waals surface area contributed by atoms with E-state index in [0.29, 0.717) is 6.17 Å². The van der Waals surface area contributed by atoms with Gasteiger partial charge in [-0.25, -0.2) is 0 Å². The second kappa shape index (κ2) is 16.0. The molecule has 0 bridgehead atoms. The highest BCUT2D eigenvalue weighted by atomic mass is 16.3. The highest BCUT2D eigenvalue weighted by Crippen LogP contribution is 2.14. The van der Waals surface area contributed by atoms with Crippen LogP contribution in [0.15, 0.2) is 0 Å². The minimum atomic E-state index is 0.229. The van der Waals surface area contributed by atoms with E-state index in [0.717, 1.165) is 58.5 Å². The van der Waals surface area contributed by atoms with Gasteiger partial charge in [-0.1, -0.05) is 6.92 Å². The Morgan fingerprint density at radius 3 is 1.24 bits per heavy atom. The Hall–Kier alpha value is -0.240. The molecule has 0 aliphatic carbocycles. The van der Waals surface area contributed by atoms with Gasteiger partial charge in [0.15, 0.2) is 0 Å². The van der Waals surface area contributed by atoms with E-state index in [2.05, 4.69) is 54.7 Å². The number of aliphatic hydroxyl groups excluding tert-OH is 2. The molecule has 0 saturated heterocycles. The molecule has 6 heteroatoms. The number of hydrogen-bond donors (Lipinski definition) is 2. The van der Waals surface area contributed by atoms with E-state index in [9.17, 15) is 10.2 Å². The van der Waals surface area contributed by atoms with E-state index in [4.69, 9.17) is 0 Å². The van der Waals surface area contributed by atoms with Gasteiger partial charge in [0.2, 0.25) is 0 Å². The second-order valence-corrected chi connectivity index (χ2v) is 7.43. The van der Waals surface area contributed by atoms with Gasteiger partial charge in [0.1, 0.15) is 0 Å². The summed E-state index contributed by atoms with van der Waals surface area (Å²) in [5.74, 6) is 0. The first kappa shape index (κ1) is 24.8. The van der Waals surface area contributed by atoms with Gasteiger partial charge in [-0.2, -0.15) is 0 Å². The van der Waals surface area contributed by atoms with Crippen LogP contribution in [0.1, 0.15) is 39.0 Å². The minimum absolute atomic E-state index is 0.229. The summed E-state index contributed by atoms with van der Waals surface area (Å²) in [6.07, 6.45) is 5.39. The molecule has 0 saturated carbocycles. The number of rotatable bonds is 17. The Morgan fingerprint density at radius 2 is 0.960 bits per heavy atom. The molecule has 0 rings (SSSR count). The van der Waals surface area contributed by atoms with Crippen LogP contribution in [0.5, 0.6) is 0 Å². The monoisotopic (exact) mass is 360 g/mol. The molecule has 0 aliphatic rings. The molecule has 25 heavy (non-hydrogen) atoms. The highest BCUT2D eigenvalue weighted by Gasteiger charge is 2.23. The maximum absolute atomic E-state index is 9.24. The number of nitrogens with zero attached hydrogens (tertiary/aromatic N) is 4. The zero-order valence-corrected chi connectivity index (χ0v) is 17.5. The van der Waals surface area contributed by atoms with Gasteiger partial charge in [0.05, 0.1) is 6.17 Å². The summed E-state index contributed by atoms with van der Waals surface area (Å²) in [7, 11) is 8.51. The van der Waals surface area contributed by atoms with E-state index in [1.165, 1.54) is 12.8 Å². The van der Waals surface area contributed by atoms with Crippen molar-refractivity contribution in [1.82, 2.24) is 19.6 Å². The maximum atomic E-state index is 9.24. The largest absolute Gasteiger partial charge is 0.396 e.